The zero-order chi connectivity index (χ0) is 17.0. The molecule has 2 rings (SSSR count). The van der Waals surface area contributed by atoms with E-state index >= 15 is 0 Å². The molecule has 0 unspecified atom stereocenters. The molecule has 122 valence electrons. The normalized spacial score (nSPS) is 10.1. The van der Waals surface area contributed by atoms with Gasteiger partial charge in [-0.2, -0.15) is 0 Å². The molecule has 0 aliphatic rings. The number of hydrogen-bond donors (Lipinski definition) is 1. The van der Waals surface area contributed by atoms with Crippen LogP contribution in [-0.4, -0.2) is 27.2 Å². The lowest BCUT2D eigenvalue weighted by molar-refractivity contribution is 0.102. The van der Waals surface area contributed by atoms with Gasteiger partial charge >= 0.3 is 0 Å². The lowest BCUT2D eigenvalue weighted by atomic mass is 10.2. The summed E-state index contributed by atoms with van der Waals surface area (Å²) >= 11 is 5.50. The molecule has 0 aliphatic heterocycles. The second-order valence-electron chi connectivity index (χ2n) is 4.49. The number of halogens is 2. The molecule has 0 radical (unpaired) electrons. The van der Waals surface area contributed by atoms with Gasteiger partial charge in [-0.25, -0.2) is 0 Å². The fraction of sp³-hybridized carbons (Fsp3) is 0.188. The smallest absolute Gasteiger partial charge is 0.256 e. The van der Waals surface area contributed by atoms with Gasteiger partial charge in [0.05, 0.1) is 26.9 Å². The molecule has 1 amide bonds. The Morgan fingerprint density at radius 2 is 1.65 bits per heavy atom. The molecule has 0 atom stereocenters. The number of benzene rings is 2. The Balaban J connectivity index is 2.36. The van der Waals surface area contributed by atoms with E-state index in [4.69, 9.17) is 14.2 Å². The molecule has 1 N–H and O–H groups in total. The highest BCUT2D eigenvalue weighted by Crippen LogP contribution is 2.40. The van der Waals surface area contributed by atoms with Gasteiger partial charge in [-0.1, -0.05) is 15.9 Å². The van der Waals surface area contributed by atoms with Gasteiger partial charge in [-0.15, -0.1) is 0 Å². The first-order valence-electron chi connectivity index (χ1n) is 6.56. The average Bonchev–Trinajstić information content (AvgIpc) is 2.55. The summed E-state index contributed by atoms with van der Waals surface area (Å²) in [5, 5.41) is 2.85. The maximum absolute atomic E-state index is 12.5. The quantitative estimate of drug-likeness (QED) is 0.632. The van der Waals surface area contributed by atoms with Crippen LogP contribution in [0.5, 0.6) is 17.2 Å². The first kappa shape index (κ1) is 17.9. The maximum Gasteiger partial charge on any atom is 0.256 e. The number of amides is 1. The van der Waals surface area contributed by atoms with Gasteiger partial charge in [0.2, 0.25) is 5.75 Å². The summed E-state index contributed by atoms with van der Waals surface area (Å²) in [6.45, 7) is 0. The third-order valence-corrected chi connectivity index (χ3v) is 4.53. The molecule has 0 aliphatic carbocycles. The number of ether oxygens (including phenoxy) is 3. The summed E-state index contributed by atoms with van der Waals surface area (Å²) in [4.78, 5) is 12.5. The van der Waals surface area contributed by atoms with Crippen molar-refractivity contribution in [2.45, 2.75) is 0 Å². The van der Waals surface area contributed by atoms with E-state index < -0.39 is 0 Å². The van der Waals surface area contributed by atoms with Crippen molar-refractivity contribution < 1.29 is 19.0 Å². The minimum absolute atomic E-state index is 0.218. The van der Waals surface area contributed by atoms with E-state index in [1.165, 1.54) is 21.3 Å². The van der Waals surface area contributed by atoms with Gasteiger partial charge in [-0.3, -0.25) is 4.79 Å². The highest BCUT2D eigenvalue weighted by Gasteiger charge is 2.16. The Morgan fingerprint density at radius 3 is 2.17 bits per heavy atom. The van der Waals surface area contributed by atoms with E-state index in [1.54, 1.807) is 18.2 Å². The van der Waals surface area contributed by atoms with Crippen molar-refractivity contribution in [3.05, 3.63) is 43.9 Å². The number of carbonyl (C=O) groups is 1. The Kier molecular flexibility index (Phi) is 6.11. The Hall–Kier alpha value is -1.48. The van der Waals surface area contributed by atoms with Gasteiger partial charge in [0, 0.05) is 25.9 Å². The molecule has 2 aromatic carbocycles. The molecular formula is C16H15BrINO4. The number of carbonyl (C=O) groups excluding carboxylic acids is 1. The largest absolute Gasteiger partial charge is 0.493 e. The van der Waals surface area contributed by atoms with E-state index in [9.17, 15) is 4.79 Å². The molecule has 23 heavy (non-hydrogen) atoms. The van der Waals surface area contributed by atoms with Crippen LogP contribution in [0.25, 0.3) is 0 Å². The molecule has 0 aromatic heterocycles. The van der Waals surface area contributed by atoms with E-state index in [0.29, 0.717) is 28.5 Å². The summed E-state index contributed by atoms with van der Waals surface area (Å²) in [6.07, 6.45) is 0. The van der Waals surface area contributed by atoms with Crippen LogP contribution in [0.3, 0.4) is 0 Å². The standard InChI is InChI=1S/C16H15BrINO4/c1-21-13-7-10(8-14(22-2)15(13)23-3)19-16(20)11-6-9(17)4-5-12(11)18/h4-8H,1-3H3,(H,19,20). The van der Waals surface area contributed by atoms with E-state index in [0.717, 1.165) is 8.04 Å². The third-order valence-electron chi connectivity index (χ3n) is 3.10. The van der Waals surface area contributed by atoms with Crippen molar-refractivity contribution in [1.82, 2.24) is 0 Å². The Labute approximate surface area is 156 Å². The average molecular weight is 492 g/mol. The van der Waals surface area contributed by atoms with Gasteiger partial charge in [-0.05, 0) is 40.8 Å². The lowest BCUT2D eigenvalue weighted by Crippen LogP contribution is -2.13. The predicted molar refractivity (Wildman–Crippen MR) is 101 cm³/mol. The molecule has 2 aromatic rings. The summed E-state index contributed by atoms with van der Waals surface area (Å²) in [5.41, 5.74) is 1.13. The molecule has 0 bridgehead atoms. The number of anilines is 1. The van der Waals surface area contributed by atoms with Crippen molar-refractivity contribution >= 4 is 50.1 Å². The van der Waals surface area contributed by atoms with Gasteiger partial charge < -0.3 is 19.5 Å². The van der Waals surface area contributed by atoms with Gasteiger partial charge in [0.1, 0.15) is 0 Å². The maximum atomic E-state index is 12.5. The van der Waals surface area contributed by atoms with Crippen LogP contribution in [0.15, 0.2) is 34.8 Å². The number of hydrogen-bond acceptors (Lipinski definition) is 4. The molecule has 0 heterocycles. The van der Waals surface area contributed by atoms with Crippen molar-refractivity contribution in [3.8, 4) is 17.2 Å². The van der Waals surface area contributed by atoms with E-state index in [1.807, 2.05) is 12.1 Å². The first-order valence-corrected chi connectivity index (χ1v) is 8.43. The van der Waals surface area contributed by atoms with Crippen LogP contribution in [0.1, 0.15) is 10.4 Å². The van der Waals surface area contributed by atoms with Crippen LogP contribution in [0.2, 0.25) is 0 Å². The first-order chi connectivity index (χ1) is 11.0. The number of methoxy groups -OCH3 is 3. The van der Waals surface area contributed by atoms with Crippen molar-refractivity contribution in [2.24, 2.45) is 0 Å². The summed E-state index contributed by atoms with van der Waals surface area (Å²) in [5.74, 6) is 1.21. The SMILES string of the molecule is COc1cc(NC(=O)c2cc(Br)ccc2I)cc(OC)c1OC. The van der Waals surface area contributed by atoms with Gasteiger partial charge in [0.15, 0.2) is 11.5 Å². The van der Waals surface area contributed by atoms with Crippen LogP contribution < -0.4 is 19.5 Å². The third kappa shape index (κ3) is 4.08. The van der Waals surface area contributed by atoms with Crippen LogP contribution in [0.4, 0.5) is 5.69 Å². The second kappa shape index (κ2) is 7.87. The molecule has 0 fully saturated rings. The Bertz CT molecular complexity index is 711. The fourth-order valence-electron chi connectivity index (χ4n) is 2.02. The molecule has 0 saturated heterocycles. The number of rotatable bonds is 5. The zero-order valence-corrected chi connectivity index (χ0v) is 16.5. The zero-order valence-electron chi connectivity index (χ0n) is 12.8. The summed E-state index contributed by atoms with van der Waals surface area (Å²) < 4.78 is 17.5. The fourth-order valence-corrected chi connectivity index (χ4v) is 2.96. The van der Waals surface area contributed by atoms with E-state index in [-0.39, 0.29) is 5.91 Å². The molecule has 0 saturated carbocycles. The predicted octanol–water partition coefficient (Wildman–Crippen LogP) is 4.33. The monoisotopic (exact) mass is 491 g/mol. The Morgan fingerprint density at radius 1 is 1.04 bits per heavy atom. The van der Waals surface area contributed by atoms with Crippen molar-refractivity contribution in [3.63, 3.8) is 0 Å². The summed E-state index contributed by atoms with van der Waals surface area (Å²) in [6, 6.07) is 8.90. The van der Waals surface area contributed by atoms with E-state index in [2.05, 4.69) is 43.8 Å². The van der Waals surface area contributed by atoms with Crippen molar-refractivity contribution in [1.29, 1.82) is 0 Å². The minimum Gasteiger partial charge on any atom is -0.493 e. The number of nitrogens with one attached hydrogen (secondary N) is 1. The van der Waals surface area contributed by atoms with Crippen molar-refractivity contribution in [2.75, 3.05) is 26.6 Å². The minimum atomic E-state index is -0.218. The molecule has 7 heteroatoms. The van der Waals surface area contributed by atoms with Crippen LogP contribution in [-0.2, 0) is 0 Å². The molecule has 0 spiro atoms. The second-order valence-corrected chi connectivity index (χ2v) is 6.57. The topological polar surface area (TPSA) is 56.8 Å². The highest BCUT2D eigenvalue weighted by molar-refractivity contribution is 14.1. The molecular weight excluding hydrogens is 477 g/mol. The lowest BCUT2D eigenvalue weighted by Gasteiger charge is -2.15. The summed E-state index contributed by atoms with van der Waals surface area (Å²) in [7, 11) is 4.59. The van der Waals surface area contributed by atoms with Gasteiger partial charge in [0.25, 0.3) is 5.91 Å². The highest BCUT2D eigenvalue weighted by atomic mass is 127. The van der Waals surface area contributed by atoms with Crippen LogP contribution in [0, 0.1) is 3.57 Å². The molecule has 5 nitrogen and oxygen atoms in total. The van der Waals surface area contributed by atoms with Crippen LogP contribution >= 0.6 is 38.5 Å².